The molecule has 2 aromatic rings. The summed E-state index contributed by atoms with van der Waals surface area (Å²) in [5.41, 5.74) is 0.864. The summed E-state index contributed by atoms with van der Waals surface area (Å²) in [6.45, 7) is 0.0719. The summed E-state index contributed by atoms with van der Waals surface area (Å²) >= 11 is 0. The fourth-order valence-electron chi connectivity index (χ4n) is 2.60. The van der Waals surface area contributed by atoms with Crippen molar-refractivity contribution < 1.29 is 22.3 Å². The van der Waals surface area contributed by atoms with Gasteiger partial charge in [-0.3, -0.25) is 4.79 Å². The van der Waals surface area contributed by atoms with E-state index in [-0.39, 0.29) is 10.9 Å². The summed E-state index contributed by atoms with van der Waals surface area (Å²) in [5, 5.41) is 2.80. The number of nitrogens with one attached hydrogen (secondary N) is 2. The average molecular weight is 364 g/mol. The molecule has 6 nitrogen and oxygen atoms in total. The number of rotatable bonds is 5. The molecular weight excluding hydrogens is 347 g/mol. The molecule has 0 spiro atoms. The van der Waals surface area contributed by atoms with E-state index in [1.807, 2.05) is 24.3 Å². The first kappa shape index (κ1) is 17.4. The Hall–Kier alpha value is -2.45. The maximum Gasteiger partial charge on any atom is 0.241 e. The molecule has 1 heterocycles. The minimum atomic E-state index is -3.88. The second-order valence-electron chi connectivity index (χ2n) is 5.57. The van der Waals surface area contributed by atoms with Gasteiger partial charge in [-0.15, -0.1) is 0 Å². The van der Waals surface area contributed by atoms with Crippen molar-refractivity contribution in [3.8, 4) is 5.75 Å². The first-order valence-corrected chi connectivity index (χ1v) is 9.20. The van der Waals surface area contributed by atoms with E-state index in [9.17, 15) is 17.6 Å². The lowest BCUT2D eigenvalue weighted by atomic mass is 10.0. The standard InChI is InChI=1S/C17H17FN2O4S/c18-12-5-7-13(8-6-12)25(22,23)19-11-17(21)20-15-9-10-24-16-4-2-1-3-14(15)16/h1-8,15,19H,9-11H2,(H,20,21)/t15-/m1/s1. The summed E-state index contributed by atoms with van der Waals surface area (Å²) in [4.78, 5) is 12.0. The lowest BCUT2D eigenvalue weighted by molar-refractivity contribution is -0.120. The second kappa shape index (κ2) is 7.20. The van der Waals surface area contributed by atoms with Gasteiger partial charge < -0.3 is 10.1 Å². The fourth-order valence-corrected chi connectivity index (χ4v) is 3.58. The Morgan fingerprint density at radius 1 is 1.16 bits per heavy atom. The van der Waals surface area contributed by atoms with Gasteiger partial charge in [-0.05, 0) is 30.3 Å². The summed E-state index contributed by atoms with van der Waals surface area (Å²) in [5.74, 6) is -0.270. The molecule has 2 N–H and O–H groups in total. The monoisotopic (exact) mass is 364 g/mol. The molecule has 1 atom stereocenters. The van der Waals surface area contributed by atoms with Crippen LogP contribution >= 0.6 is 0 Å². The molecule has 0 aliphatic carbocycles. The van der Waals surface area contributed by atoms with Gasteiger partial charge >= 0.3 is 0 Å². The van der Waals surface area contributed by atoms with Crippen LogP contribution in [0.2, 0.25) is 0 Å². The number of fused-ring (bicyclic) bond motifs is 1. The van der Waals surface area contributed by atoms with Crippen LogP contribution in [0.25, 0.3) is 0 Å². The van der Waals surface area contributed by atoms with Crippen LogP contribution in [0, 0.1) is 5.82 Å². The zero-order valence-corrected chi connectivity index (χ0v) is 14.1. The highest BCUT2D eigenvalue weighted by Gasteiger charge is 2.23. The molecule has 1 amide bonds. The van der Waals surface area contributed by atoms with Crippen LogP contribution in [0.5, 0.6) is 5.75 Å². The minimum absolute atomic E-state index is 0.0990. The predicted octanol–water partition coefficient (Wildman–Crippen LogP) is 1.74. The molecule has 0 fully saturated rings. The van der Waals surface area contributed by atoms with Gasteiger partial charge in [-0.2, -0.15) is 0 Å². The predicted molar refractivity (Wildman–Crippen MR) is 89.0 cm³/mol. The van der Waals surface area contributed by atoms with Crippen LogP contribution in [-0.4, -0.2) is 27.5 Å². The average Bonchev–Trinajstić information content (AvgIpc) is 2.61. The molecule has 132 valence electrons. The van der Waals surface area contributed by atoms with E-state index < -0.39 is 28.3 Å². The van der Waals surface area contributed by atoms with Crippen molar-refractivity contribution in [2.24, 2.45) is 0 Å². The summed E-state index contributed by atoms with van der Waals surface area (Å²) in [6, 6.07) is 11.5. The Balaban J connectivity index is 1.61. The van der Waals surface area contributed by atoms with Crippen molar-refractivity contribution in [2.45, 2.75) is 17.4 Å². The lowest BCUT2D eigenvalue weighted by Crippen LogP contribution is -2.39. The van der Waals surface area contributed by atoms with E-state index in [1.54, 1.807) is 0 Å². The molecule has 0 unspecified atom stereocenters. The van der Waals surface area contributed by atoms with Crippen molar-refractivity contribution in [2.75, 3.05) is 13.2 Å². The van der Waals surface area contributed by atoms with Crippen molar-refractivity contribution in [3.63, 3.8) is 0 Å². The molecule has 25 heavy (non-hydrogen) atoms. The third-order valence-corrected chi connectivity index (χ3v) is 5.26. The molecule has 1 aliphatic rings. The first-order chi connectivity index (χ1) is 12.0. The van der Waals surface area contributed by atoms with Gasteiger partial charge in [-0.25, -0.2) is 17.5 Å². The number of amides is 1. The highest BCUT2D eigenvalue weighted by molar-refractivity contribution is 7.89. The Bertz CT molecular complexity index is 868. The van der Waals surface area contributed by atoms with Crippen LogP contribution in [0.1, 0.15) is 18.0 Å². The topological polar surface area (TPSA) is 84.5 Å². The molecule has 1 aliphatic heterocycles. The number of para-hydroxylation sites is 1. The van der Waals surface area contributed by atoms with E-state index in [0.29, 0.717) is 18.8 Å². The Kier molecular flexibility index (Phi) is 5.00. The van der Waals surface area contributed by atoms with Gasteiger partial charge in [0.25, 0.3) is 0 Å². The highest BCUT2D eigenvalue weighted by atomic mass is 32.2. The van der Waals surface area contributed by atoms with E-state index in [0.717, 1.165) is 29.8 Å². The number of carbonyl (C=O) groups excluding carboxylic acids is 1. The van der Waals surface area contributed by atoms with Gasteiger partial charge in [0.05, 0.1) is 24.1 Å². The Morgan fingerprint density at radius 2 is 1.88 bits per heavy atom. The summed E-state index contributed by atoms with van der Waals surface area (Å²) < 4.78 is 44.8. The van der Waals surface area contributed by atoms with Gasteiger partial charge in [-0.1, -0.05) is 18.2 Å². The van der Waals surface area contributed by atoms with Crippen molar-refractivity contribution in [1.29, 1.82) is 0 Å². The zero-order chi connectivity index (χ0) is 17.9. The third kappa shape index (κ3) is 4.15. The maximum absolute atomic E-state index is 12.9. The number of sulfonamides is 1. The summed E-state index contributed by atoms with van der Waals surface area (Å²) in [7, 11) is -3.88. The van der Waals surface area contributed by atoms with E-state index in [1.165, 1.54) is 0 Å². The molecule has 0 radical (unpaired) electrons. The number of carbonyl (C=O) groups is 1. The highest BCUT2D eigenvalue weighted by Crippen LogP contribution is 2.31. The first-order valence-electron chi connectivity index (χ1n) is 7.72. The number of ether oxygens (including phenoxy) is 1. The third-order valence-electron chi connectivity index (χ3n) is 3.84. The normalized spacial score (nSPS) is 16.6. The van der Waals surface area contributed by atoms with Gasteiger partial charge in [0.15, 0.2) is 0 Å². The zero-order valence-electron chi connectivity index (χ0n) is 13.2. The van der Waals surface area contributed by atoms with Crippen LogP contribution < -0.4 is 14.8 Å². The SMILES string of the molecule is O=C(CNS(=O)(=O)c1ccc(F)cc1)N[C@@H]1CCOc2ccccc21. The molecule has 8 heteroatoms. The Morgan fingerprint density at radius 3 is 2.64 bits per heavy atom. The summed E-state index contributed by atoms with van der Waals surface area (Å²) in [6.07, 6.45) is 0.605. The quantitative estimate of drug-likeness (QED) is 0.846. The van der Waals surface area contributed by atoms with E-state index in [4.69, 9.17) is 4.74 Å². The molecule has 0 saturated carbocycles. The van der Waals surface area contributed by atoms with Crippen molar-refractivity contribution in [3.05, 3.63) is 59.9 Å². The number of hydrogen-bond acceptors (Lipinski definition) is 4. The largest absolute Gasteiger partial charge is 0.493 e. The number of hydrogen-bond donors (Lipinski definition) is 2. The van der Waals surface area contributed by atoms with Gasteiger partial charge in [0.2, 0.25) is 15.9 Å². The van der Waals surface area contributed by atoms with Crippen LogP contribution in [-0.2, 0) is 14.8 Å². The molecule has 2 aromatic carbocycles. The fraction of sp³-hybridized carbons (Fsp3) is 0.235. The smallest absolute Gasteiger partial charge is 0.241 e. The maximum atomic E-state index is 12.9. The van der Waals surface area contributed by atoms with E-state index >= 15 is 0 Å². The number of benzene rings is 2. The van der Waals surface area contributed by atoms with Crippen LogP contribution in [0.15, 0.2) is 53.4 Å². The second-order valence-corrected chi connectivity index (χ2v) is 7.34. The minimum Gasteiger partial charge on any atom is -0.493 e. The van der Waals surface area contributed by atoms with E-state index in [2.05, 4.69) is 10.0 Å². The Labute approximate surface area is 145 Å². The van der Waals surface area contributed by atoms with Crippen molar-refractivity contribution >= 4 is 15.9 Å². The van der Waals surface area contributed by atoms with Crippen molar-refractivity contribution in [1.82, 2.24) is 10.0 Å². The van der Waals surface area contributed by atoms with Crippen LogP contribution in [0.3, 0.4) is 0 Å². The van der Waals surface area contributed by atoms with Gasteiger partial charge in [0, 0.05) is 12.0 Å². The van der Waals surface area contributed by atoms with Crippen LogP contribution in [0.4, 0.5) is 4.39 Å². The molecule has 0 aromatic heterocycles. The molecule has 0 bridgehead atoms. The number of halogens is 1. The van der Waals surface area contributed by atoms with Gasteiger partial charge in [0.1, 0.15) is 11.6 Å². The lowest BCUT2D eigenvalue weighted by Gasteiger charge is -2.26. The molecule has 3 rings (SSSR count). The molecule has 0 saturated heterocycles. The molecular formula is C17H17FN2O4S.